The minimum atomic E-state index is 0.543. The number of ether oxygens (including phenoxy) is 1. The molecule has 4 nitrogen and oxygen atoms in total. The van der Waals surface area contributed by atoms with Crippen LogP contribution in [-0.4, -0.2) is 16.6 Å². The molecule has 0 radical (unpaired) electrons. The average molecular weight is 267 g/mol. The van der Waals surface area contributed by atoms with Gasteiger partial charge in [0.05, 0.1) is 17.6 Å². The number of nitrogens with two attached hydrogens (primary N) is 1. The van der Waals surface area contributed by atoms with Crippen LogP contribution in [0.4, 0.5) is 0 Å². The Bertz CT molecular complexity index is 691. The number of aromatic amines is 1. The monoisotopic (exact) mass is 267 g/mol. The van der Waals surface area contributed by atoms with Gasteiger partial charge in [-0.25, -0.2) is 4.98 Å². The molecule has 0 bridgehead atoms. The van der Waals surface area contributed by atoms with Crippen molar-refractivity contribution in [3.05, 3.63) is 59.9 Å². The molecule has 0 aliphatic rings. The quantitative estimate of drug-likeness (QED) is 0.747. The molecule has 0 aliphatic heterocycles. The van der Waals surface area contributed by atoms with Crippen molar-refractivity contribution in [2.45, 2.75) is 13.0 Å². The Morgan fingerprint density at radius 2 is 1.95 bits per heavy atom. The summed E-state index contributed by atoms with van der Waals surface area (Å²) < 4.78 is 5.67. The van der Waals surface area contributed by atoms with Crippen LogP contribution in [0.2, 0.25) is 0 Å². The van der Waals surface area contributed by atoms with Gasteiger partial charge in [-0.2, -0.15) is 0 Å². The van der Waals surface area contributed by atoms with Gasteiger partial charge in [-0.3, -0.25) is 0 Å². The average Bonchev–Trinajstić information content (AvgIpc) is 2.90. The lowest BCUT2D eigenvalue weighted by atomic mass is 10.2. The molecule has 3 N–H and O–H groups in total. The molecule has 0 atom stereocenters. The molecule has 1 heterocycles. The van der Waals surface area contributed by atoms with Crippen LogP contribution in [0, 0.1) is 0 Å². The van der Waals surface area contributed by atoms with E-state index in [1.54, 1.807) is 0 Å². The number of H-pyrrole nitrogens is 1. The molecule has 2 aromatic carbocycles. The van der Waals surface area contributed by atoms with Gasteiger partial charge in [0, 0.05) is 13.0 Å². The lowest BCUT2D eigenvalue weighted by Gasteiger charge is -2.03. The first kappa shape index (κ1) is 12.7. The third kappa shape index (κ3) is 2.81. The van der Waals surface area contributed by atoms with Crippen LogP contribution in [0.5, 0.6) is 5.75 Å². The van der Waals surface area contributed by atoms with E-state index in [0.29, 0.717) is 13.2 Å². The second-order valence-corrected chi connectivity index (χ2v) is 4.65. The number of benzene rings is 2. The zero-order valence-corrected chi connectivity index (χ0v) is 11.2. The minimum absolute atomic E-state index is 0.543. The maximum atomic E-state index is 5.67. The summed E-state index contributed by atoms with van der Waals surface area (Å²) in [5, 5.41) is 0. The Balaban J connectivity index is 1.66. The van der Waals surface area contributed by atoms with Gasteiger partial charge < -0.3 is 15.5 Å². The molecule has 1 aromatic heterocycles. The van der Waals surface area contributed by atoms with E-state index in [4.69, 9.17) is 10.5 Å². The van der Waals surface area contributed by atoms with Crippen molar-refractivity contribution in [3.63, 3.8) is 0 Å². The Morgan fingerprint density at radius 3 is 2.75 bits per heavy atom. The van der Waals surface area contributed by atoms with Gasteiger partial charge in [0.1, 0.15) is 11.6 Å². The van der Waals surface area contributed by atoms with Gasteiger partial charge in [0.2, 0.25) is 0 Å². The summed E-state index contributed by atoms with van der Waals surface area (Å²) >= 11 is 0. The summed E-state index contributed by atoms with van der Waals surface area (Å²) in [5.41, 5.74) is 8.74. The number of nitrogens with zero attached hydrogens (tertiary/aromatic N) is 1. The van der Waals surface area contributed by atoms with Crippen LogP contribution in [-0.2, 0) is 13.0 Å². The summed E-state index contributed by atoms with van der Waals surface area (Å²) in [6.07, 6.45) is 0.752. The summed E-state index contributed by atoms with van der Waals surface area (Å²) in [4.78, 5) is 7.85. The van der Waals surface area contributed by atoms with Crippen LogP contribution < -0.4 is 10.5 Å². The molecular weight excluding hydrogens is 250 g/mol. The van der Waals surface area contributed by atoms with Gasteiger partial charge >= 0.3 is 0 Å². The molecule has 0 unspecified atom stereocenters. The van der Waals surface area contributed by atoms with E-state index in [-0.39, 0.29) is 0 Å². The van der Waals surface area contributed by atoms with Crippen molar-refractivity contribution in [1.82, 2.24) is 9.97 Å². The highest BCUT2D eigenvalue weighted by atomic mass is 16.5. The third-order valence-corrected chi connectivity index (χ3v) is 3.18. The smallest absolute Gasteiger partial charge is 0.119 e. The largest absolute Gasteiger partial charge is 0.493 e. The normalized spacial score (nSPS) is 10.8. The molecule has 0 spiro atoms. The minimum Gasteiger partial charge on any atom is -0.493 e. The number of nitrogens with one attached hydrogen (secondary N) is 1. The van der Waals surface area contributed by atoms with Gasteiger partial charge in [0.25, 0.3) is 0 Å². The maximum absolute atomic E-state index is 5.67. The second kappa shape index (κ2) is 5.75. The number of imidazole rings is 1. The molecule has 20 heavy (non-hydrogen) atoms. The predicted octanol–water partition coefficient (Wildman–Crippen LogP) is 2.64. The fourth-order valence-electron chi connectivity index (χ4n) is 2.14. The lowest BCUT2D eigenvalue weighted by molar-refractivity contribution is 0.319. The topological polar surface area (TPSA) is 63.9 Å². The van der Waals surface area contributed by atoms with Crippen molar-refractivity contribution < 1.29 is 4.74 Å². The van der Waals surface area contributed by atoms with Crippen LogP contribution in [0.3, 0.4) is 0 Å². The van der Waals surface area contributed by atoms with Crippen molar-refractivity contribution in [2.24, 2.45) is 5.73 Å². The molecule has 3 rings (SSSR count). The zero-order chi connectivity index (χ0) is 13.8. The summed E-state index contributed by atoms with van der Waals surface area (Å²) in [6.45, 7) is 1.15. The molecule has 0 aliphatic carbocycles. The van der Waals surface area contributed by atoms with Gasteiger partial charge in [0.15, 0.2) is 0 Å². The number of hydrogen-bond acceptors (Lipinski definition) is 3. The van der Waals surface area contributed by atoms with Gasteiger partial charge in [-0.1, -0.05) is 24.3 Å². The van der Waals surface area contributed by atoms with Crippen molar-refractivity contribution in [1.29, 1.82) is 0 Å². The number of fused-ring (bicyclic) bond motifs is 1. The molecule has 102 valence electrons. The molecule has 0 saturated carbocycles. The lowest BCUT2D eigenvalue weighted by Crippen LogP contribution is -2.02. The first-order valence-corrected chi connectivity index (χ1v) is 6.70. The van der Waals surface area contributed by atoms with Crippen LogP contribution >= 0.6 is 0 Å². The highest BCUT2D eigenvalue weighted by Crippen LogP contribution is 2.14. The van der Waals surface area contributed by atoms with Crippen LogP contribution in [0.25, 0.3) is 11.0 Å². The first-order valence-electron chi connectivity index (χ1n) is 6.70. The standard InChI is InChI=1S/C16H17N3O/c17-11-12-6-7-14-15(10-12)19-16(18-14)8-9-20-13-4-2-1-3-5-13/h1-7,10H,8-9,11,17H2,(H,18,19). The number of hydrogen-bond donors (Lipinski definition) is 2. The molecular formula is C16H17N3O. The molecule has 0 saturated heterocycles. The maximum Gasteiger partial charge on any atom is 0.119 e. The van der Waals surface area contributed by atoms with Crippen LogP contribution in [0.15, 0.2) is 48.5 Å². The van der Waals surface area contributed by atoms with Gasteiger partial charge in [-0.05, 0) is 29.8 Å². The summed E-state index contributed by atoms with van der Waals surface area (Å²) in [6, 6.07) is 15.8. The van der Waals surface area contributed by atoms with E-state index in [2.05, 4.69) is 9.97 Å². The second-order valence-electron chi connectivity index (χ2n) is 4.65. The molecule has 3 aromatic rings. The van der Waals surface area contributed by atoms with E-state index in [9.17, 15) is 0 Å². The SMILES string of the molecule is NCc1ccc2nc(CCOc3ccccc3)[nH]c2c1. The number of aromatic nitrogens is 2. The Hall–Kier alpha value is -2.33. The van der Waals surface area contributed by atoms with Crippen LogP contribution in [0.1, 0.15) is 11.4 Å². The number of para-hydroxylation sites is 1. The zero-order valence-electron chi connectivity index (χ0n) is 11.2. The van der Waals surface area contributed by atoms with Crippen molar-refractivity contribution >= 4 is 11.0 Å². The first-order chi connectivity index (χ1) is 9.85. The predicted molar refractivity (Wildman–Crippen MR) is 79.6 cm³/mol. The van der Waals surface area contributed by atoms with E-state index in [1.807, 2.05) is 48.5 Å². The van der Waals surface area contributed by atoms with E-state index in [1.165, 1.54) is 0 Å². The summed E-state index contributed by atoms with van der Waals surface area (Å²) in [5.74, 6) is 1.82. The number of rotatable bonds is 5. The Kier molecular flexibility index (Phi) is 3.65. The van der Waals surface area contributed by atoms with Gasteiger partial charge in [-0.15, -0.1) is 0 Å². The van der Waals surface area contributed by atoms with Crippen molar-refractivity contribution in [2.75, 3.05) is 6.61 Å². The Morgan fingerprint density at radius 1 is 1.10 bits per heavy atom. The fourth-order valence-corrected chi connectivity index (χ4v) is 2.14. The Labute approximate surface area is 117 Å². The van der Waals surface area contributed by atoms with Crippen molar-refractivity contribution in [3.8, 4) is 5.75 Å². The molecule has 0 fully saturated rings. The fraction of sp³-hybridized carbons (Fsp3) is 0.188. The highest BCUT2D eigenvalue weighted by Gasteiger charge is 2.03. The molecule has 0 amide bonds. The van der Waals surface area contributed by atoms with E-state index in [0.717, 1.165) is 34.6 Å². The highest BCUT2D eigenvalue weighted by molar-refractivity contribution is 5.75. The van der Waals surface area contributed by atoms with E-state index >= 15 is 0 Å². The summed E-state index contributed by atoms with van der Waals surface area (Å²) in [7, 11) is 0. The third-order valence-electron chi connectivity index (χ3n) is 3.18. The van der Waals surface area contributed by atoms with E-state index < -0.39 is 0 Å². The molecule has 4 heteroatoms.